The summed E-state index contributed by atoms with van der Waals surface area (Å²) in [5.41, 5.74) is 1.84. The predicted octanol–water partition coefficient (Wildman–Crippen LogP) is 2.88. The Balaban J connectivity index is 2.29. The maximum Gasteiger partial charge on any atom is 0.177 e. The Morgan fingerprint density at radius 3 is 2.63 bits per heavy atom. The number of aromatic nitrogens is 1. The quantitative estimate of drug-likeness (QED) is 0.855. The average molecular weight is 257 g/mol. The van der Waals surface area contributed by atoms with E-state index >= 15 is 0 Å². The van der Waals surface area contributed by atoms with Crippen LogP contribution < -0.4 is 4.74 Å². The summed E-state index contributed by atoms with van der Waals surface area (Å²) in [6, 6.07) is 9.56. The van der Waals surface area contributed by atoms with Crippen LogP contribution in [0.1, 0.15) is 28.5 Å². The van der Waals surface area contributed by atoms with Gasteiger partial charge in [0.25, 0.3) is 0 Å². The molecule has 0 unspecified atom stereocenters. The number of pyridine rings is 1. The smallest absolute Gasteiger partial charge is 0.177 e. The van der Waals surface area contributed by atoms with Crippen molar-refractivity contribution in [3.8, 4) is 11.5 Å². The zero-order valence-corrected chi connectivity index (χ0v) is 10.9. The van der Waals surface area contributed by atoms with Gasteiger partial charge >= 0.3 is 0 Å². The molecule has 1 heterocycles. The molecule has 0 atom stereocenters. The van der Waals surface area contributed by atoms with Gasteiger partial charge in [-0.1, -0.05) is 30.3 Å². The number of ketones is 1. The van der Waals surface area contributed by atoms with E-state index in [0.717, 1.165) is 5.56 Å². The lowest BCUT2D eigenvalue weighted by Crippen LogP contribution is -2.05. The van der Waals surface area contributed by atoms with E-state index in [2.05, 4.69) is 4.98 Å². The number of rotatable bonds is 4. The van der Waals surface area contributed by atoms with Crippen LogP contribution in [-0.2, 0) is 6.61 Å². The molecule has 0 radical (unpaired) electrons. The molecule has 4 nitrogen and oxygen atoms in total. The number of ether oxygens (including phenoxy) is 1. The summed E-state index contributed by atoms with van der Waals surface area (Å²) in [6.45, 7) is 3.43. The topological polar surface area (TPSA) is 59.4 Å². The summed E-state index contributed by atoms with van der Waals surface area (Å²) >= 11 is 0. The fourth-order valence-electron chi connectivity index (χ4n) is 1.86. The van der Waals surface area contributed by atoms with Crippen molar-refractivity contribution in [1.29, 1.82) is 0 Å². The van der Waals surface area contributed by atoms with Crippen molar-refractivity contribution in [2.24, 2.45) is 0 Å². The van der Waals surface area contributed by atoms with E-state index in [1.54, 1.807) is 6.92 Å². The molecule has 0 saturated carbocycles. The number of Topliss-reactive ketones (excluding diaryl/α,β-unsaturated/α-hetero) is 1. The molecule has 0 saturated heterocycles. The molecule has 0 spiro atoms. The van der Waals surface area contributed by atoms with Gasteiger partial charge in [0.15, 0.2) is 17.3 Å². The number of carbonyl (C=O) groups is 1. The van der Waals surface area contributed by atoms with Gasteiger partial charge in [0.05, 0.1) is 17.5 Å². The summed E-state index contributed by atoms with van der Waals surface area (Å²) in [4.78, 5) is 15.6. The Bertz CT molecular complexity index is 594. The monoisotopic (exact) mass is 257 g/mol. The van der Waals surface area contributed by atoms with Gasteiger partial charge in [-0.25, -0.2) is 0 Å². The van der Waals surface area contributed by atoms with Gasteiger partial charge in [0.1, 0.15) is 6.61 Å². The van der Waals surface area contributed by atoms with E-state index in [4.69, 9.17) is 4.74 Å². The van der Waals surface area contributed by atoms with Gasteiger partial charge in [-0.15, -0.1) is 0 Å². The Morgan fingerprint density at radius 2 is 2.00 bits per heavy atom. The molecule has 0 aliphatic carbocycles. The number of hydrogen-bond acceptors (Lipinski definition) is 4. The third kappa shape index (κ3) is 2.91. The summed E-state index contributed by atoms with van der Waals surface area (Å²) in [5, 5.41) is 9.80. The number of benzene rings is 1. The minimum atomic E-state index is -0.177. The van der Waals surface area contributed by atoms with Crippen LogP contribution in [-0.4, -0.2) is 15.9 Å². The van der Waals surface area contributed by atoms with Crippen molar-refractivity contribution in [1.82, 2.24) is 4.98 Å². The number of carbonyl (C=O) groups excluding carboxylic acids is 1. The Labute approximate surface area is 111 Å². The summed E-state index contributed by atoms with van der Waals surface area (Å²) in [6.07, 6.45) is 1.29. The first-order chi connectivity index (χ1) is 9.09. The molecule has 1 aromatic carbocycles. The second-order valence-electron chi connectivity index (χ2n) is 4.26. The molecular weight excluding hydrogens is 242 g/mol. The molecule has 98 valence electrons. The third-order valence-electron chi connectivity index (χ3n) is 2.78. The van der Waals surface area contributed by atoms with Crippen molar-refractivity contribution in [2.45, 2.75) is 20.5 Å². The Hall–Kier alpha value is -2.36. The first-order valence-corrected chi connectivity index (χ1v) is 5.96. The summed E-state index contributed by atoms with van der Waals surface area (Å²) < 4.78 is 5.59. The highest BCUT2D eigenvalue weighted by atomic mass is 16.5. The molecule has 2 aromatic rings. The SMILES string of the molecule is CC(=O)c1c(C)ncc(O)c1OCc1ccccc1. The zero-order chi connectivity index (χ0) is 13.8. The molecule has 1 aromatic heterocycles. The Kier molecular flexibility index (Phi) is 3.80. The lowest BCUT2D eigenvalue weighted by atomic mass is 10.1. The molecule has 4 heteroatoms. The molecular formula is C15H15NO3. The zero-order valence-electron chi connectivity index (χ0n) is 10.9. The van der Waals surface area contributed by atoms with Gasteiger partial charge in [0.2, 0.25) is 0 Å². The number of hydrogen-bond donors (Lipinski definition) is 1. The van der Waals surface area contributed by atoms with Crippen LogP contribution in [0, 0.1) is 6.92 Å². The van der Waals surface area contributed by atoms with E-state index in [9.17, 15) is 9.90 Å². The van der Waals surface area contributed by atoms with Crippen LogP contribution in [0.25, 0.3) is 0 Å². The van der Waals surface area contributed by atoms with Crippen molar-refractivity contribution < 1.29 is 14.6 Å². The minimum absolute atomic E-state index is 0.119. The Morgan fingerprint density at radius 1 is 1.32 bits per heavy atom. The first-order valence-electron chi connectivity index (χ1n) is 5.96. The molecule has 0 fully saturated rings. The lowest BCUT2D eigenvalue weighted by Gasteiger charge is -2.13. The highest BCUT2D eigenvalue weighted by Crippen LogP contribution is 2.32. The standard InChI is InChI=1S/C15H15NO3/c1-10-14(11(2)17)15(13(18)8-16-10)19-9-12-6-4-3-5-7-12/h3-8,18H,9H2,1-2H3. The van der Waals surface area contributed by atoms with Gasteiger partial charge in [0, 0.05) is 0 Å². The van der Waals surface area contributed by atoms with Crippen molar-refractivity contribution >= 4 is 5.78 Å². The van der Waals surface area contributed by atoms with Gasteiger partial charge < -0.3 is 9.84 Å². The van der Waals surface area contributed by atoms with Crippen LogP contribution in [0.4, 0.5) is 0 Å². The minimum Gasteiger partial charge on any atom is -0.503 e. The molecule has 0 aliphatic heterocycles. The molecule has 0 bridgehead atoms. The average Bonchev–Trinajstić information content (AvgIpc) is 2.40. The highest BCUT2D eigenvalue weighted by molar-refractivity contribution is 5.98. The van der Waals surface area contributed by atoms with E-state index < -0.39 is 0 Å². The molecule has 0 aliphatic rings. The van der Waals surface area contributed by atoms with Crippen LogP contribution in [0.15, 0.2) is 36.5 Å². The normalized spacial score (nSPS) is 10.2. The van der Waals surface area contributed by atoms with Crippen LogP contribution >= 0.6 is 0 Å². The van der Waals surface area contributed by atoms with Gasteiger partial charge in [-0.05, 0) is 19.4 Å². The summed E-state index contributed by atoms with van der Waals surface area (Å²) in [5.74, 6) is -0.0976. The molecule has 2 rings (SSSR count). The van der Waals surface area contributed by atoms with E-state index in [-0.39, 0.29) is 23.9 Å². The molecule has 0 amide bonds. The van der Waals surface area contributed by atoms with E-state index in [1.165, 1.54) is 13.1 Å². The van der Waals surface area contributed by atoms with Crippen molar-refractivity contribution in [3.05, 3.63) is 53.3 Å². The lowest BCUT2D eigenvalue weighted by molar-refractivity contribution is 0.101. The van der Waals surface area contributed by atoms with Crippen LogP contribution in [0.2, 0.25) is 0 Å². The van der Waals surface area contributed by atoms with Crippen LogP contribution in [0.3, 0.4) is 0 Å². The second-order valence-corrected chi connectivity index (χ2v) is 4.26. The van der Waals surface area contributed by atoms with Gasteiger partial charge in [-0.3, -0.25) is 9.78 Å². The van der Waals surface area contributed by atoms with Crippen molar-refractivity contribution in [3.63, 3.8) is 0 Å². The van der Waals surface area contributed by atoms with Crippen LogP contribution in [0.5, 0.6) is 11.5 Å². The third-order valence-corrected chi connectivity index (χ3v) is 2.78. The van der Waals surface area contributed by atoms with E-state index in [1.807, 2.05) is 30.3 Å². The number of nitrogens with zero attached hydrogens (tertiary/aromatic N) is 1. The number of aryl methyl sites for hydroxylation is 1. The maximum absolute atomic E-state index is 11.6. The summed E-state index contributed by atoms with van der Waals surface area (Å²) in [7, 11) is 0. The predicted molar refractivity (Wildman–Crippen MR) is 71.4 cm³/mol. The van der Waals surface area contributed by atoms with E-state index in [0.29, 0.717) is 11.3 Å². The van der Waals surface area contributed by atoms with Crippen molar-refractivity contribution in [2.75, 3.05) is 0 Å². The fraction of sp³-hybridized carbons (Fsp3) is 0.200. The first kappa shape index (κ1) is 13.1. The largest absolute Gasteiger partial charge is 0.503 e. The maximum atomic E-state index is 11.6. The fourth-order valence-corrected chi connectivity index (χ4v) is 1.86. The molecule has 19 heavy (non-hydrogen) atoms. The second kappa shape index (κ2) is 5.52. The molecule has 1 N–H and O–H groups in total. The highest BCUT2D eigenvalue weighted by Gasteiger charge is 2.17. The van der Waals surface area contributed by atoms with Gasteiger partial charge in [-0.2, -0.15) is 0 Å². The number of aromatic hydroxyl groups is 1.